The van der Waals surface area contributed by atoms with Gasteiger partial charge in [-0.05, 0) is 55.5 Å². The van der Waals surface area contributed by atoms with E-state index in [9.17, 15) is 0 Å². The van der Waals surface area contributed by atoms with Crippen molar-refractivity contribution in [2.45, 2.75) is 6.92 Å². The van der Waals surface area contributed by atoms with Gasteiger partial charge in [0.2, 0.25) is 0 Å². The van der Waals surface area contributed by atoms with Gasteiger partial charge in [-0.15, -0.1) is 0 Å². The number of ether oxygens (including phenoxy) is 1. The van der Waals surface area contributed by atoms with Crippen LogP contribution in [-0.2, 0) is 0 Å². The van der Waals surface area contributed by atoms with Gasteiger partial charge in [-0.1, -0.05) is 60.7 Å². The summed E-state index contributed by atoms with van der Waals surface area (Å²) in [5.41, 5.74) is 5.68. The molecule has 0 fully saturated rings. The molecule has 0 saturated heterocycles. The third-order valence-electron chi connectivity index (χ3n) is 3.90. The summed E-state index contributed by atoms with van der Waals surface area (Å²) in [5.74, 6) is 0.840. The van der Waals surface area contributed by atoms with Crippen LogP contribution in [0.5, 0.6) is 5.75 Å². The Bertz CT molecular complexity index is 828. The Kier molecular flexibility index (Phi) is 4.88. The maximum Gasteiger partial charge on any atom is 0.142 e. The SMILES string of the molecule is COc1c(Br)c(-c2ccccc2)c(C)c(Br)c1-c1ccccc1. The number of halogens is 2. The summed E-state index contributed by atoms with van der Waals surface area (Å²) in [6.07, 6.45) is 0. The molecule has 3 heteroatoms. The van der Waals surface area contributed by atoms with Crippen LogP contribution in [0.3, 0.4) is 0 Å². The van der Waals surface area contributed by atoms with Crippen LogP contribution in [-0.4, -0.2) is 7.11 Å². The largest absolute Gasteiger partial charge is 0.495 e. The molecule has 0 aliphatic rings. The first-order valence-electron chi connectivity index (χ1n) is 7.31. The lowest BCUT2D eigenvalue weighted by Crippen LogP contribution is -1.97. The van der Waals surface area contributed by atoms with E-state index in [-0.39, 0.29) is 0 Å². The van der Waals surface area contributed by atoms with E-state index in [1.165, 1.54) is 5.56 Å². The van der Waals surface area contributed by atoms with Crippen LogP contribution in [0, 0.1) is 6.92 Å². The Hall–Kier alpha value is -1.58. The standard InChI is InChI=1S/C20H16Br2O/c1-13-16(14-9-5-3-6-10-14)19(22)20(23-2)17(18(13)21)15-11-7-4-8-12-15/h3-12H,1-2H3. The second-order valence-corrected chi connectivity index (χ2v) is 6.85. The Morgan fingerprint density at radius 3 is 1.65 bits per heavy atom. The van der Waals surface area contributed by atoms with E-state index in [0.717, 1.165) is 36.9 Å². The van der Waals surface area contributed by atoms with Crippen molar-refractivity contribution in [3.05, 3.63) is 75.2 Å². The zero-order valence-electron chi connectivity index (χ0n) is 12.9. The highest BCUT2D eigenvalue weighted by atomic mass is 79.9. The molecule has 0 N–H and O–H groups in total. The third-order valence-corrected chi connectivity index (χ3v) is 5.65. The van der Waals surface area contributed by atoms with Crippen LogP contribution in [0.25, 0.3) is 22.3 Å². The van der Waals surface area contributed by atoms with Crippen LogP contribution >= 0.6 is 31.9 Å². The summed E-state index contributed by atoms with van der Waals surface area (Å²) in [5, 5.41) is 0. The summed E-state index contributed by atoms with van der Waals surface area (Å²) < 4.78 is 7.79. The first-order valence-corrected chi connectivity index (χ1v) is 8.90. The molecule has 0 radical (unpaired) electrons. The van der Waals surface area contributed by atoms with Gasteiger partial charge in [0.1, 0.15) is 5.75 Å². The predicted molar refractivity (Wildman–Crippen MR) is 104 cm³/mol. The lowest BCUT2D eigenvalue weighted by Gasteiger charge is -2.20. The minimum absolute atomic E-state index is 0.840. The molecule has 23 heavy (non-hydrogen) atoms. The molecule has 0 unspecified atom stereocenters. The van der Waals surface area contributed by atoms with Crippen molar-refractivity contribution in [3.63, 3.8) is 0 Å². The number of hydrogen-bond acceptors (Lipinski definition) is 1. The molecule has 0 spiro atoms. The molecular formula is C20H16Br2O. The Morgan fingerprint density at radius 2 is 1.17 bits per heavy atom. The van der Waals surface area contributed by atoms with Crippen molar-refractivity contribution in [1.82, 2.24) is 0 Å². The van der Waals surface area contributed by atoms with E-state index >= 15 is 0 Å². The van der Waals surface area contributed by atoms with E-state index in [1.807, 2.05) is 36.4 Å². The summed E-state index contributed by atoms with van der Waals surface area (Å²) in [6.45, 7) is 2.13. The van der Waals surface area contributed by atoms with Gasteiger partial charge in [0.05, 0.1) is 11.6 Å². The van der Waals surface area contributed by atoms with Crippen molar-refractivity contribution in [3.8, 4) is 28.0 Å². The smallest absolute Gasteiger partial charge is 0.142 e. The van der Waals surface area contributed by atoms with E-state index in [1.54, 1.807) is 7.11 Å². The molecule has 3 aromatic rings. The van der Waals surface area contributed by atoms with Gasteiger partial charge >= 0.3 is 0 Å². The van der Waals surface area contributed by atoms with Gasteiger partial charge < -0.3 is 4.74 Å². The van der Waals surface area contributed by atoms with Crippen molar-refractivity contribution in [2.24, 2.45) is 0 Å². The van der Waals surface area contributed by atoms with Crippen molar-refractivity contribution >= 4 is 31.9 Å². The summed E-state index contributed by atoms with van der Waals surface area (Å²) >= 11 is 7.56. The lowest BCUT2D eigenvalue weighted by atomic mass is 9.94. The van der Waals surface area contributed by atoms with Gasteiger partial charge in [0.15, 0.2) is 0 Å². The average molecular weight is 432 g/mol. The van der Waals surface area contributed by atoms with Gasteiger partial charge in [-0.3, -0.25) is 0 Å². The molecule has 3 rings (SSSR count). The fourth-order valence-corrected chi connectivity index (χ4v) is 4.28. The fraction of sp³-hybridized carbons (Fsp3) is 0.100. The third kappa shape index (κ3) is 2.96. The zero-order chi connectivity index (χ0) is 16.4. The number of benzene rings is 3. The van der Waals surface area contributed by atoms with Gasteiger partial charge in [0.25, 0.3) is 0 Å². The Labute approximate surface area is 153 Å². The molecule has 0 bridgehead atoms. The number of hydrogen-bond donors (Lipinski definition) is 0. The molecular weight excluding hydrogens is 416 g/mol. The minimum atomic E-state index is 0.840. The molecule has 0 atom stereocenters. The molecule has 0 amide bonds. The van der Waals surface area contributed by atoms with Crippen molar-refractivity contribution < 1.29 is 4.74 Å². The van der Waals surface area contributed by atoms with E-state index in [4.69, 9.17) is 4.74 Å². The van der Waals surface area contributed by atoms with Gasteiger partial charge in [-0.2, -0.15) is 0 Å². The van der Waals surface area contributed by atoms with Crippen LogP contribution in [0.4, 0.5) is 0 Å². The first-order chi connectivity index (χ1) is 11.1. The fourth-order valence-electron chi connectivity index (χ4n) is 2.79. The molecule has 1 nitrogen and oxygen atoms in total. The Morgan fingerprint density at radius 1 is 0.696 bits per heavy atom. The van der Waals surface area contributed by atoms with Crippen molar-refractivity contribution in [2.75, 3.05) is 7.11 Å². The summed E-state index contributed by atoms with van der Waals surface area (Å²) in [6, 6.07) is 20.6. The normalized spacial score (nSPS) is 10.6. The zero-order valence-corrected chi connectivity index (χ0v) is 16.1. The van der Waals surface area contributed by atoms with Crippen LogP contribution < -0.4 is 4.74 Å². The average Bonchev–Trinajstić information content (AvgIpc) is 2.59. The highest BCUT2D eigenvalue weighted by Gasteiger charge is 2.21. The molecule has 116 valence electrons. The van der Waals surface area contributed by atoms with Crippen LogP contribution in [0.1, 0.15) is 5.56 Å². The molecule has 0 aliphatic heterocycles. The maximum atomic E-state index is 5.75. The molecule has 0 heterocycles. The molecule has 0 saturated carbocycles. The van der Waals surface area contributed by atoms with Gasteiger partial charge in [0, 0.05) is 15.6 Å². The quantitative estimate of drug-likeness (QED) is 0.439. The summed E-state index contributed by atoms with van der Waals surface area (Å²) in [4.78, 5) is 0. The number of rotatable bonds is 3. The van der Waals surface area contributed by atoms with E-state index in [2.05, 4.69) is 63.0 Å². The second kappa shape index (κ2) is 6.90. The first kappa shape index (κ1) is 16.3. The van der Waals surface area contributed by atoms with E-state index in [0.29, 0.717) is 0 Å². The topological polar surface area (TPSA) is 9.23 Å². The minimum Gasteiger partial charge on any atom is -0.495 e. The van der Waals surface area contributed by atoms with Crippen LogP contribution in [0.2, 0.25) is 0 Å². The second-order valence-electron chi connectivity index (χ2n) is 5.27. The van der Waals surface area contributed by atoms with E-state index < -0.39 is 0 Å². The highest BCUT2D eigenvalue weighted by molar-refractivity contribution is 9.11. The predicted octanol–water partition coefficient (Wildman–Crippen LogP) is 6.86. The van der Waals surface area contributed by atoms with Gasteiger partial charge in [-0.25, -0.2) is 0 Å². The Balaban J connectivity index is 2.34. The molecule has 3 aromatic carbocycles. The summed E-state index contributed by atoms with van der Waals surface area (Å²) in [7, 11) is 1.71. The highest BCUT2D eigenvalue weighted by Crippen LogP contribution is 2.49. The molecule has 0 aromatic heterocycles. The van der Waals surface area contributed by atoms with Crippen LogP contribution in [0.15, 0.2) is 69.6 Å². The molecule has 0 aliphatic carbocycles. The number of methoxy groups -OCH3 is 1. The monoisotopic (exact) mass is 430 g/mol. The maximum absolute atomic E-state index is 5.75. The van der Waals surface area contributed by atoms with Crippen molar-refractivity contribution in [1.29, 1.82) is 0 Å². The lowest BCUT2D eigenvalue weighted by molar-refractivity contribution is 0.413.